The highest BCUT2D eigenvalue weighted by molar-refractivity contribution is 7.93. The average Bonchev–Trinajstić information content (AvgIpc) is 2.81. The molecule has 108 valence electrons. The van der Waals surface area contributed by atoms with Gasteiger partial charge in [0.2, 0.25) is 0 Å². The van der Waals surface area contributed by atoms with E-state index in [1.54, 1.807) is 43.5 Å². The number of aromatic nitrogens is 2. The van der Waals surface area contributed by atoms with E-state index in [0.29, 0.717) is 22.3 Å². The van der Waals surface area contributed by atoms with Gasteiger partial charge in [-0.2, -0.15) is 0 Å². The fraction of sp³-hybridized carbons (Fsp3) is 0.0714. The van der Waals surface area contributed by atoms with Crippen LogP contribution in [0.5, 0.6) is 0 Å². The third kappa shape index (κ3) is 2.55. The van der Waals surface area contributed by atoms with E-state index in [0.717, 1.165) is 5.69 Å². The zero-order valence-corrected chi connectivity index (χ0v) is 12.1. The van der Waals surface area contributed by atoms with E-state index in [4.69, 9.17) is 5.73 Å². The smallest absolute Gasteiger partial charge is 0.264 e. The number of nitrogens with two attached hydrogens (primary N) is 1. The van der Waals surface area contributed by atoms with E-state index in [9.17, 15) is 8.42 Å². The van der Waals surface area contributed by atoms with E-state index in [1.807, 2.05) is 0 Å². The summed E-state index contributed by atoms with van der Waals surface area (Å²) in [6.45, 7) is 1.80. The van der Waals surface area contributed by atoms with Gasteiger partial charge in [-0.25, -0.2) is 8.42 Å². The van der Waals surface area contributed by atoms with Crippen molar-refractivity contribution in [3.63, 3.8) is 0 Å². The molecule has 0 saturated heterocycles. The normalized spacial score (nSPS) is 11.7. The third-order valence-corrected chi connectivity index (χ3v) is 4.53. The lowest BCUT2D eigenvalue weighted by Crippen LogP contribution is -2.12. The number of benzene rings is 1. The van der Waals surface area contributed by atoms with Gasteiger partial charge in [0.05, 0.1) is 5.69 Å². The summed E-state index contributed by atoms with van der Waals surface area (Å²) in [4.78, 5) is 7.15. The number of aromatic amines is 1. The van der Waals surface area contributed by atoms with Gasteiger partial charge in [-0.3, -0.25) is 9.71 Å². The van der Waals surface area contributed by atoms with Gasteiger partial charge in [-0.15, -0.1) is 0 Å². The number of hydrogen-bond donors (Lipinski definition) is 3. The first-order valence-corrected chi connectivity index (χ1v) is 7.76. The molecule has 3 rings (SSSR count). The maximum atomic E-state index is 12.5. The lowest BCUT2D eigenvalue weighted by molar-refractivity contribution is 0.602. The number of rotatable bonds is 3. The Morgan fingerprint density at radius 3 is 2.81 bits per heavy atom. The Kier molecular flexibility index (Phi) is 3.06. The SMILES string of the molecule is Cc1cc(NS(=O)(=O)c2c[nH]c3cc(N)ccc23)ccn1. The number of sulfonamides is 1. The molecule has 0 spiro atoms. The minimum Gasteiger partial charge on any atom is -0.399 e. The quantitative estimate of drug-likeness (QED) is 0.646. The molecule has 4 N–H and O–H groups in total. The lowest BCUT2D eigenvalue weighted by Gasteiger charge is -2.07. The predicted molar refractivity (Wildman–Crippen MR) is 82.5 cm³/mol. The van der Waals surface area contributed by atoms with Gasteiger partial charge in [0.25, 0.3) is 10.0 Å². The van der Waals surface area contributed by atoms with Crippen molar-refractivity contribution in [3.8, 4) is 0 Å². The maximum Gasteiger partial charge on any atom is 0.264 e. The molecule has 0 fully saturated rings. The van der Waals surface area contributed by atoms with E-state index in [-0.39, 0.29) is 4.90 Å². The summed E-state index contributed by atoms with van der Waals surface area (Å²) in [6, 6.07) is 8.34. The number of nitrogens with zero attached hydrogens (tertiary/aromatic N) is 1. The molecule has 7 heteroatoms. The molecule has 0 unspecified atom stereocenters. The van der Waals surface area contributed by atoms with Crippen molar-refractivity contribution in [3.05, 3.63) is 48.4 Å². The molecule has 0 aliphatic carbocycles. The summed E-state index contributed by atoms with van der Waals surface area (Å²) in [7, 11) is -3.68. The molecule has 3 aromatic rings. The summed E-state index contributed by atoms with van der Waals surface area (Å²) in [5.74, 6) is 0. The second-order valence-corrected chi connectivity index (χ2v) is 6.40. The van der Waals surface area contributed by atoms with Crippen molar-refractivity contribution in [2.45, 2.75) is 11.8 Å². The van der Waals surface area contributed by atoms with Crippen LogP contribution in [0.25, 0.3) is 10.9 Å². The van der Waals surface area contributed by atoms with Crippen LogP contribution in [0.3, 0.4) is 0 Å². The topological polar surface area (TPSA) is 101 Å². The minimum absolute atomic E-state index is 0.187. The first-order chi connectivity index (χ1) is 9.95. The number of pyridine rings is 1. The largest absolute Gasteiger partial charge is 0.399 e. The van der Waals surface area contributed by atoms with Gasteiger partial charge in [0.1, 0.15) is 4.90 Å². The summed E-state index contributed by atoms with van der Waals surface area (Å²) in [5, 5.41) is 0.600. The Balaban J connectivity index is 2.04. The molecule has 0 radical (unpaired) electrons. The summed E-state index contributed by atoms with van der Waals surface area (Å²) >= 11 is 0. The standard InChI is InChI=1S/C14H14N4O2S/c1-9-6-11(4-5-16-9)18-21(19,20)14-8-17-13-7-10(15)2-3-12(13)14/h2-8,17H,15H2,1H3,(H,16,18). The van der Waals surface area contributed by atoms with Crippen LogP contribution in [0.1, 0.15) is 5.69 Å². The second kappa shape index (κ2) is 4.78. The summed E-state index contributed by atoms with van der Waals surface area (Å²) < 4.78 is 27.5. The molecule has 0 aliphatic rings. The lowest BCUT2D eigenvalue weighted by atomic mass is 10.2. The van der Waals surface area contributed by atoms with Gasteiger partial charge < -0.3 is 10.7 Å². The van der Waals surface area contributed by atoms with Crippen molar-refractivity contribution in [1.82, 2.24) is 9.97 Å². The van der Waals surface area contributed by atoms with Crippen LogP contribution in [0.15, 0.2) is 47.6 Å². The highest BCUT2D eigenvalue weighted by Crippen LogP contribution is 2.26. The highest BCUT2D eigenvalue weighted by Gasteiger charge is 2.19. The zero-order chi connectivity index (χ0) is 15.0. The first-order valence-electron chi connectivity index (χ1n) is 6.28. The van der Waals surface area contributed by atoms with Crippen LogP contribution >= 0.6 is 0 Å². The number of hydrogen-bond acceptors (Lipinski definition) is 4. The minimum atomic E-state index is -3.68. The number of anilines is 2. The Morgan fingerprint density at radius 1 is 1.24 bits per heavy atom. The molecular formula is C14H14N4O2S. The predicted octanol–water partition coefficient (Wildman–Crippen LogP) is 2.25. The maximum absolute atomic E-state index is 12.5. The van der Waals surface area contributed by atoms with Gasteiger partial charge in [-0.1, -0.05) is 0 Å². The van der Waals surface area contributed by atoms with Crippen LogP contribution in [0, 0.1) is 6.92 Å². The highest BCUT2D eigenvalue weighted by atomic mass is 32.2. The molecule has 0 amide bonds. The number of nitrogens with one attached hydrogen (secondary N) is 2. The third-order valence-electron chi connectivity index (χ3n) is 3.11. The first kappa shape index (κ1) is 13.4. The van der Waals surface area contributed by atoms with E-state index in [1.165, 1.54) is 6.20 Å². The van der Waals surface area contributed by atoms with Crippen LogP contribution < -0.4 is 10.5 Å². The molecule has 0 atom stereocenters. The fourth-order valence-electron chi connectivity index (χ4n) is 2.16. The molecule has 1 aromatic carbocycles. The van der Waals surface area contributed by atoms with Gasteiger partial charge in [0, 0.05) is 34.7 Å². The molecule has 0 aliphatic heterocycles. The molecular weight excluding hydrogens is 288 g/mol. The molecule has 0 saturated carbocycles. The molecule has 21 heavy (non-hydrogen) atoms. The monoisotopic (exact) mass is 302 g/mol. The average molecular weight is 302 g/mol. The Morgan fingerprint density at radius 2 is 2.05 bits per heavy atom. The number of fused-ring (bicyclic) bond motifs is 1. The van der Waals surface area contributed by atoms with Gasteiger partial charge >= 0.3 is 0 Å². The zero-order valence-electron chi connectivity index (χ0n) is 11.3. The van der Waals surface area contributed by atoms with Gasteiger partial charge in [-0.05, 0) is 37.3 Å². The van der Waals surface area contributed by atoms with Crippen molar-refractivity contribution in [2.24, 2.45) is 0 Å². The van der Waals surface area contributed by atoms with Crippen LogP contribution in [0.4, 0.5) is 11.4 Å². The van der Waals surface area contributed by atoms with Crippen LogP contribution in [-0.2, 0) is 10.0 Å². The Bertz CT molecular complexity index is 916. The Hall–Kier alpha value is -2.54. The van der Waals surface area contributed by atoms with E-state index in [2.05, 4.69) is 14.7 Å². The number of H-pyrrole nitrogens is 1. The molecule has 6 nitrogen and oxygen atoms in total. The van der Waals surface area contributed by atoms with Crippen LogP contribution in [0.2, 0.25) is 0 Å². The molecule has 2 heterocycles. The summed E-state index contributed by atoms with van der Waals surface area (Å²) in [5.41, 5.74) is 8.16. The van der Waals surface area contributed by atoms with Crippen molar-refractivity contribution in [2.75, 3.05) is 10.5 Å². The van der Waals surface area contributed by atoms with E-state index >= 15 is 0 Å². The molecule has 2 aromatic heterocycles. The summed E-state index contributed by atoms with van der Waals surface area (Å²) in [6.07, 6.45) is 3.02. The Labute approximate surface area is 122 Å². The number of aryl methyl sites for hydroxylation is 1. The number of nitrogen functional groups attached to an aromatic ring is 1. The fourth-order valence-corrected chi connectivity index (χ4v) is 3.39. The van der Waals surface area contributed by atoms with Crippen molar-refractivity contribution >= 4 is 32.3 Å². The van der Waals surface area contributed by atoms with E-state index < -0.39 is 10.0 Å². The van der Waals surface area contributed by atoms with Crippen LogP contribution in [-0.4, -0.2) is 18.4 Å². The van der Waals surface area contributed by atoms with Gasteiger partial charge in [0.15, 0.2) is 0 Å². The van der Waals surface area contributed by atoms with Crippen molar-refractivity contribution < 1.29 is 8.42 Å². The second-order valence-electron chi connectivity index (χ2n) is 4.75. The molecule has 0 bridgehead atoms. The van der Waals surface area contributed by atoms with Crippen molar-refractivity contribution in [1.29, 1.82) is 0 Å².